The van der Waals surface area contributed by atoms with E-state index in [1.807, 2.05) is 36.4 Å². The first-order valence-electron chi connectivity index (χ1n) is 9.42. The third kappa shape index (κ3) is 3.55. The van der Waals surface area contributed by atoms with Gasteiger partial charge in [0, 0.05) is 43.3 Å². The van der Waals surface area contributed by atoms with E-state index in [0.717, 1.165) is 28.0 Å². The number of aromatic nitrogens is 1. The molecule has 4 N–H and O–H groups in total. The van der Waals surface area contributed by atoms with Crippen molar-refractivity contribution in [3.05, 3.63) is 59.7 Å². The molecular formula is C21H25N5OS. The van der Waals surface area contributed by atoms with Crippen molar-refractivity contribution in [1.82, 2.24) is 4.98 Å². The van der Waals surface area contributed by atoms with Gasteiger partial charge in [-0.1, -0.05) is 29.8 Å². The van der Waals surface area contributed by atoms with Crippen LogP contribution >= 0.6 is 0 Å². The molecule has 0 fully saturated rings. The number of hydrogen-bond acceptors (Lipinski definition) is 6. The van der Waals surface area contributed by atoms with Crippen LogP contribution in [-0.2, 0) is 16.3 Å². The molecule has 1 aromatic heterocycles. The molecule has 0 aliphatic carbocycles. The highest BCUT2D eigenvalue weighted by atomic mass is 32.2. The van der Waals surface area contributed by atoms with E-state index in [0.29, 0.717) is 36.8 Å². The number of fused-ring (bicyclic) bond motifs is 2. The summed E-state index contributed by atoms with van der Waals surface area (Å²) in [5.74, 6) is 1.12. The fourth-order valence-corrected chi connectivity index (χ4v) is 5.18. The number of nitrogens with two attached hydrogens (primary N) is 1. The summed E-state index contributed by atoms with van der Waals surface area (Å²) in [5.41, 5.74) is 9.71. The van der Waals surface area contributed by atoms with E-state index in [1.54, 1.807) is 0 Å². The van der Waals surface area contributed by atoms with E-state index in [1.165, 1.54) is 5.56 Å². The predicted molar refractivity (Wildman–Crippen MR) is 116 cm³/mol. The van der Waals surface area contributed by atoms with Crippen molar-refractivity contribution in [2.75, 3.05) is 35.6 Å². The second-order valence-electron chi connectivity index (χ2n) is 7.17. The predicted octanol–water partition coefficient (Wildman–Crippen LogP) is 3.34. The summed E-state index contributed by atoms with van der Waals surface area (Å²) in [7, 11) is -2.79. The zero-order valence-electron chi connectivity index (χ0n) is 15.9. The lowest BCUT2D eigenvalue weighted by molar-refractivity contribution is 0.674. The Hall–Kier alpha value is -2.64. The Balaban J connectivity index is 1.80. The molecule has 4 rings (SSSR count). The molecule has 0 saturated heterocycles. The average molecular weight is 396 g/mol. The Morgan fingerprint density at radius 3 is 2.89 bits per heavy atom. The van der Waals surface area contributed by atoms with Gasteiger partial charge in [0.1, 0.15) is 5.82 Å². The second-order valence-corrected chi connectivity index (χ2v) is 9.37. The van der Waals surface area contributed by atoms with Gasteiger partial charge in [0.25, 0.3) is 0 Å². The maximum atomic E-state index is 12.9. The number of hydrogen-bond donors (Lipinski definition) is 3. The van der Waals surface area contributed by atoms with E-state index in [9.17, 15) is 4.21 Å². The number of rotatable bonds is 4. The lowest BCUT2D eigenvalue weighted by Crippen LogP contribution is -2.26. The molecule has 28 heavy (non-hydrogen) atoms. The van der Waals surface area contributed by atoms with Crippen molar-refractivity contribution < 1.29 is 4.21 Å². The molecular weight excluding hydrogens is 370 g/mol. The smallest absolute Gasteiger partial charge is 0.131 e. The minimum Gasteiger partial charge on any atom is -0.383 e. The third-order valence-electron chi connectivity index (χ3n) is 5.07. The van der Waals surface area contributed by atoms with Crippen molar-refractivity contribution in [2.45, 2.75) is 18.4 Å². The van der Waals surface area contributed by atoms with Gasteiger partial charge < -0.3 is 16.0 Å². The molecule has 3 aromatic rings. The van der Waals surface area contributed by atoms with Crippen LogP contribution < -0.4 is 16.0 Å². The monoisotopic (exact) mass is 395 g/mol. The van der Waals surface area contributed by atoms with Gasteiger partial charge in [-0.2, -0.15) is 0 Å². The Labute approximate surface area is 165 Å². The Bertz CT molecular complexity index is 1130. The number of nitrogens with one attached hydrogen (secondary N) is 2. The molecule has 2 heterocycles. The third-order valence-corrected chi connectivity index (χ3v) is 6.94. The Kier molecular flexibility index (Phi) is 4.95. The standard InChI is InChI=1S/C21H25N5OS/c1-15-6-7-18-17(12-15)19(24-9-8-22)13-21(25-18)26-10-11-28(23,27)20-5-3-2-4-16(20)14-26/h2-7,12-13,23H,8-11,14,22H2,1H3,(H,24,25). The summed E-state index contributed by atoms with van der Waals surface area (Å²) in [5, 5.41) is 4.48. The van der Waals surface area contributed by atoms with Gasteiger partial charge >= 0.3 is 0 Å². The van der Waals surface area contributed by atoms with Crippen molar-refractivity contribution in [1.29, 1.82) is 4.78 Å². The largest absolute Gasteiger partial charge is 0.383 e. The highest BCUT2D eigenvalue weighted by molar-refractivity contribution is 7.92. The molecule has 0 amide bonds. The van der Waals surface area contributed by atoms with Gasteiger partial charge in [0.05, 0.1) is 25.9 Å². The summed E-state index contributed by atoms with van der Waals surface area (Å²) in [6, 6.07) is 15.8. The normalized spacial score (nSPS) is 19.3. The van der Waals surface area contributed by atoms with Crippen LogP contribution in [0.25, 0.3) is 10.9 Å². The van der Waals surface area contributed by atoms with Gasteiger partial charge in [0.15, 0.2) is 0 Å². The van der Waals surface area contributed by atoms with E-state index in [2.05, 4.69) is 29.3 Å². The molecule has 1 aliphatic heterocycles. The first-order chi connectivity index (χ1) is 13.5. The van der Waals surface area contributed by atoms with Gasteiger partial charge in [-0.3, -0.25) is 0 Å². The second kappa shape index (κ2) is 7.41. The summed E-state index contributed by atoms with van der Waals surface area (Å²) in [4.78, 5) is 7.64. The van der Waals surface area contributed by atoms with Gasteiger partial charge in [-0.25, -0.2) is 14.0 Å². The van der Waals surface area contributed by atoms with Crippen LogP contribution in [-0.4, -0.2) is 34.6 Å². The zero-order chi connectivity index (χ0) is 19.7. The first kappa shape index (κ1) is 18.7. The van der Waals surface area contributed by atoms with Gasteiger partial charge in [0.2, 0.25) is 0 Å². The van der Waals surface area contributed by atoms with Crippen molar-refractivity contribution in [2.24, 2.45) is 5.73 Å². The van der Waals surface area contributed by atoms with Crippen LogP contribution in [0.2, 0.25) is 0 Å². The molecule has 1 atom stereocenters. The van der Waals surface area contributed by atoms with Crippen LogP contribution in [0.4, 0.5) is 11.5 Å². The first-order valence-corrected chi connectivity index (χ1v) is 11.2. The molecule has 0 saturated carbocycles. The summed E-state index contributed by atoms with van der Waals surface area (Å²) < 4.78 is 21.2. The molecule has 146 valence electrons. The zero-order valence-corrected chi connectivity index (χ0v) is 16.8. The highest BCUT2D eigenvalue weighted by Gasteiger charge is 2.23. The number of aryl methyl sites for hydroxylation is 1. The number of anilines is 2. The van der Waals surface area contributed by atoms with Crippen LogP contribution in [0.3, 0.4) is 0 Å². The molecule has 7 heteroatoms. The topological polar surface area (TPSA) is 95.1 Å². The Morgan fingerprint density at radius 2 is 2.07 bits per heavy atom. The number of pyridine rings is 1. The van der Waals surface area contributed by atoms with Crippen molar-refractivity contribution in [3.63, 3.8) is 0 Å². The van der Waals surface area contributed by atoms with Gasteiger partial charge in [-0.05, 0) is 30.7 Å². The van der Waals surface area contributed by atoms with Crippen LogP contribution in [0.15, 0.2) is 53.4 Å². The Morgan fingerprint density at radius 1 is 1.25 bits per heavy atom. The fourth-order valence-electron chi connectivity index (χ4n) is 3.63. The molecule has 0 bridgehead atoms. The van der Waals surface area contributed by atoms with Gasteiger partial charge in [-0.15, -0.1) is 0 Å². The summed E-state index contributed by atoms with van der Waals surface area (Å²) in [6.45, 7) is 4.40. The molecule has 2 aromatic carbocycles. The maximum Gasteiger partial charge on any atom is 0.131 e. The lowest BCUT2D eigenvalue weighted by Gasteiger charge is -2.23. The van der Waals surface area contributed by atoms with Crippen molar-refractivity contribution in [3.8, 4) is 0 Å². The average Bonchev–Trinajstić information content (AvgIpc) is 2.82. The molecule has 0 radical (unpaired) electrons. The number of nitrogens with zero attached hydrogens (tertiary/aromatic N) is 2. The summed E-state index contributed by atoms with van der Waals surface area (Å²) >= 11 is 0. The SMILES string of the molecule is Cc1ccc2nc(N3CCS(=N)(=O)c4ccccc4C3)cc(NCCN)c2c1. The van der Waals surface area contributed by atoms with Crippen LogP contribution in [0, 0.1) is 11.7 Å². The molecule has 1 unspecified atom stereocenters. The minimum atomic E-state index is -2.79. The number of benzene rings is 2. The van der Waals surface area contributed by atoms with E-state index < -0.39 is 9.73 Å². The molecule has 6 nitrogen and oxygen atoms in total. The van der Waals surface area contributed by atoms with E-state index in [4.69, 9.17) is 15.5 Å². The highest BCUT2D eigenvalue weighted by Crippen LogP contribution is 2.31. The quantitative estimate of drug-likeness (QED) is 0.630. The summed E-state index contributed by atoms with van der Waals surface area (Å²) in [6.07, 6.45) is 0. The fraction of sp³-hybridized carbons (Fsp3) is 0.286. The molecule has 1 aliphatic rings. The van der Waals surface area contributed by atoms with Crippen LogP contribution in [0.5, 0.6) is 0 Å². The molecule has 0 spiro atoms. The van der Waals surface area contributed by atoms with E-state index >= 15 is 0 Å². The van der Waals surface area contributed by atoms with Crippen LogP contribution in [0.1, 0.15) is 11.1 Å². The van der Waals surface area contributed by atoms with Crippen molar-refractivity contribution >= 4 is 32.1 Å². The lowest BCUT2D eigenvalue weighted by atomic mass is 10.1. The maximum absolute atomic E-state index is 12.9. The minimum absolute atomic E-state index is 0.295. The van der Waals surface area contributed by atoms with E-state index in [-0.39, 0.29) is 0 Å².